The molecule has 24 heavy (non-hydrogen) atoms. The number of ether oxygens (including phenoxy) is 1. The van der Waals surface area contributed by atoms with Crippen LogP contribution in [0.2, 0.25) is 0 Å². The molecule has 3 nitrogen and oxygen atoms in total. The van der Waals surface area contributed by atoms with Crippen molar-refractivity contribution in [2.45, 2.75) is 67.3 Å². The molecule has 0 radical (unpaired) electrons. The van der Waals surface area contributed by atoms with E-state index < -0.39 is 0 Å². The molecule has 1 saturated heterocycles. The number of hydrogen-bond acceptors (Lipinski definition) is 3. The first kappa shape index (κ1) is 22.6. The van der Waals surface area contributed by atoms with Crippen LogP contribution in [0.1, 0.15) is 59.1 Å². The van der Waals surface area contributed by atoms with Crippen LogP contribution in [0.15, 0.2) is 24.3 Å². The third-order valence-electron chi connectivity index (χ3n) is 4.32. The molecule has 0 bridgehead atoms. The second kappa shape index (κ2) is 9.83. The average molecular weight is 336 g/mol. The minimum Gasteiger partial charge on any atom is -0.469 e. The minimum atomic E-state index is -0.304. The van der Waals surface area contributed by atoms with E-state index in [1.54, 1.807) is 0 Å². The van der Waals surface area contributed by atoms with Crippen LogP contribution in [0.5, 0.6) is 0 Å². The van der Waals surface area contributed by atoms with Gasteiger partial charge in [0.15, 0.2) is 0 Å². The first-order valence-electron chi connectivity index (χ1n) is 8.95. The van der Waals surface area contributed by atoms with E-state index in [1.165, 1.54) is 18.2 Å². The monoisotopic (exact) mass is 335 g/mol. The lowest BCUT2D eigenvalue weighted by atomic mass is 9.90. The molecule has 1 heterocycles. The average Bonchev–Trinajstić information content (AvgIpc) is 2.96. The van der Waals surface area contributed by atoms with E-state index in [4.69, 9.17) is 4.74 Å². The molecular weight excluding hydrogens is 298 g/mol. The molecule has 1 aromatic rings. The second-order valence-corrected chi connectivity index (χ2v) is 7.55. The van der Waals surface area contributed by atoms with Gasteiger partial charge in [-0.25, -0.2) is 0 Å². The summed E-state index contributed by atoms with van der Waals surface area (Å²) in [6, 6.07) is 8.48. The SMILES string of the molecule is CC.COC(=O)[C@@]1(C)CCN(C(C)(C)C)C1.Cc1ccc(C)cc1. The van der Waals surface area contributed by atoms with Gasteiger partial charge in [-0.15, -0.1) is 0 Å². The quantitative estimate of drug-likeness (QED) is 0.676. The highest BCUT2D eigenvalue weighted by Gasteiger charge is 2.44. The van der Waals surface area contributed by atoms with Crippen molar-refractivity contribution in [2.75, 3.05) is 20.2 Å². The van der Waals surface area contributed by atoms with Gasteiger partial charge in [0.2, 0.25) is 0 Å². The maximum absolute atomic E-state index is 11.6. The molecule has 0 unspecified atom stereocenters. The standard InChI is InChI=1S/C11H21NO2.C8H10.C2H6/c1-10(2,3)12-7-6-11(4,8-12)9(13)14-5;1-7-3-5-8(2)6-4-7;1-2/h6-8H2,1-5H3;3-6H,1-2H3;1-2H3/t11-;;/m0../s1. The molecule has 0 spiro atoms. The van der Waals surface area contributed by atoms with Crippen molar-refractivity contribution < 1.29 is 9.53 Å². The van der Waals surface area contributed by atoms with Gasteiger partial charge in [0.05, 0.1) is 12.5 Å². The van der Waals surface area contributed by atoms with Crippen LogP contribution in [-0.4, -0.2) is 36.6 Å². The Bertz CT molecular complexity index is 467. The fraction of sp³-hybridized carbons (Fsp3) is 0.667. The van der Waals surface area contributed by atoms with E-state index >= 15 is 0 Å². The third kappa shape index (κ3) is 7.04. The zero-order chi connectivity index (χ0) is 19.0. The van der Waals surface area contributed by atoms with Crippen LogP contribution in [0, 0.1) is 19.3 Å². The van der Waals surface area contributed by atoms with Crippen molar-refractivity contribution in [3.05, 3.63) is 35.4 Å². The molecule has 138 valence electrons. The summed E-state index contributed by atoms with van der Waals surface area (Å²) in [4.78, 5) is 13.9. The van der Waals surface area contributed by atoms with Crippen LogP contribution in [0.4, 0.5) is 0 Å². The third-order valence-corrected chi connectivity index (χ3v) is 4.32. The number of methoxy groups -OCH3 is 1. The summed E-state index contributed by atoms with van der Waals surface area (Å²) in [5, 5.41) is 0. The van der Waals surface area contributed by atoms with E-state index in [0.29, 0.717) is 0 Å². The van der Waals surface area contributed by atoms with Gasteiger partial charge in [0, 0.05) is 12.1 Å². The highest BCUT2D eigenvalue weighted by molar-refractivity contribution is 5.77. The van der Waals surface area contributed by atoms with Crippen LogP contribution >= 0.6 is 0 Å². The zero-order valence-corrected chi connectivity index (χ0v) is 17.2. The Morgan fingerprint density at radius 1 is 1.08 bits per heavy atom. The lowest BCUT2D eigenvalue weighted by molar-refractivity contribution is -0.151. The van der Waals surface area contributed by atoms with Gasteiger partial charge >= 0.3 is 5.97 Å². The zero-order valence-electron chi connectivity index (χ0n) is 17.2. The first-order valence-corrected chi connectivity index (χ1v) is 8.95. The Balaban J connectivity index is 0.000000447. The Morgan fingerprint density at radius 2 is 1.50 bits per heavy atom. The first-order chi connectivity index (χ1) is 11.1. The molecule has 0 aromatic heterocycles. The van der Waals surface area contributed by atoms with Gasteiger partial charge in [-0.05, 0) is 54.5 Å². The molecule has 0 N–H and O–H groups in total. The second-order valence-electron chi connectivity index (χ2n) is 7.55. The number of aryl methyl sites for hydroxylation is 2. The van der Waals surface area contributed by atoms with Crippen molar-refractivity contribution >= 4 is 5.97 Å². The normalized spacial score (nSPS) is 20.4. The number of nitrogens with zero attached hydrogens (tertiary/aromatic N) is 1. The smallest absolute Gasteiger partial charge is 0.312 e. The summed E-state index contributed by atoms with van der Waals surface area (Å²) in [6.07, 6.45) is 0.900. The number of esters is 1. The molecule has 1 aliphatic rings. The maximum atomic E-state index is 11.6. The van der Waals surface area contributed by atoms with E-state index in [2.05, 4.69) is 63.8 Å². The number of rotatable bonds is 1. The van der Waals surface area contributed by atoms with Crippen molar-refractivity contribution in [2.24, 2.45) is 5.41 Å². The number of carbonyl (C=O) groups is 1. The van der Waals surface area contributed by atoms with Crippen molar-refractivity contribution in [3.8, 4) is 0 Å². The maximum Gasteiger partial charge on any atom is 0.312 e. The summed E-state index contributed by atoms with van der Waals surface area (Å²) in [5.41, 5.74) is 2.50. The summed E-state index contributed by atoms with van der Waals surface area (Å²) >= 11 is 0. The van der Waals surface area contributed by atoms with Crippen LogP contribution in [0.3, 0.4) is 0 Å². The molecule has 0 aliphatic carbocycles. The lowest BCUT2D eigenvalue weighted by Crippen LogP contribution is -2.42. The Morgan fingerprint density at radius 3 is 1.79 bits per heavy atom. The summed E-state index contributed by atoms with van der Waals surface area (Å²) < 4.78 is 4.83. The number of hydrogen-bond donors (Lipinski definition) is 0. The topological polar surface area (TPSA) is 29.5 Å². The molecule has 2 rings (SSSR count). The van der Waals surface area contributed by atoms with E-state index in [1.807, 2.05) is 20.8 Å². The van der Waals surface area contributed by atoms with Gasteiger partial charge in [-0.3, -0.25) is 9.69 Å². The molecule has 1 fully saturated rings. The molecule has 1 atom stereocenters. The predicted molar refractivity (Wildman–Crippen MR) is 103 cm³/mol. The summed E-state index contributed by atoms with van der Waals surface area (Å²) in [6.45, 7) is 18.5. The van der Waals surface area contributed by atoms with E-state index in [-0.39, 0.29) is 16.9 Å². The summed E-state index contributed by atoms with van der Waals surface area (Å²) in [7, 11) is 1.47. The van der Waals surface area contributed by atoms with E-state index in [9.17, 15) is 4.79 Å². The highest BCUT2D eigenvalue weighted by atomic mass is 16.5. The van der Waals surface area contributed by atoms with Crippen molar-refractivity contribution in [3.63, 3.8) is 0 Å². The van der Waals surface area contributed by atoms with Gasteiger partial charge in [0.1, 0.15) is 0 Å². The van der Waals surface area contributed by atoms with Crippen LogP contribution in [-0.2, 0) is 9.53 Å². The van der Waals surface area contributed by atoms with Crippen molar-refractivity contribution in [1.29, 1.82) is 0 Å². The molecule has 1 aliphatic heterocycles. The largest absolute Gasteiger partial charge is 0.469 e. The number of benzene rings is 1. The van der Waals surface area contributed by atoms with Gasteiger partial charge < -0.3 is 4.74 Å². The Hall–Kier alpha value is -1.35. The lowest BCUT2D eigenvalue weighted by Gasteiger charge is -2.32. The van der Waals surface area contributed by atoms with E-state index in [0.717, 1.165) is 19.5 Å². The number of likely N-dealkylation sites (tertiary alicyclic amines) is 1. The summed E-state index contributed by atoms with van der Waals surface area (Å²) in [5.74, 6) is -0.0794. The molecule has 0 saturated carbocycles. The predicted octanol–water partition coefficient (Wildman–Crippen LogP) is 5.00. The number of carbonyl (C=O) groups excluding carboxylic acids is 1. The van der Waals surface area contributed by atoms with Gasteiger partial charge in [-0.1, -0.05) is 49.2 Å². The van der Waals surface area contributed by atoms with Gasteiger partial charge in [-0.2, -0.15) is 0 Å². The van der Waals surface area contributed by atoms with Gasteiger partial charge in [0.25, 0.3) is 0 Å². The van der Waals surface area contributed by atoms with Crippen molar-refractivity contribution in [1.82, 2.24) is 4.90 Å². The molecule has 1 aromatic carbocycles. The fourth-order valence-electron chi connectivity index (χ4n) is 2.58. The molecular formula is C21H37NO2. The fourth-order valence-corrected chi connectivity index (χ4v) is 2.58. The van der Waals surface area contributed by atoms with Crippen LogP contribution in [0.25, 0.3) is 0 Å². The Labute approximate surface area is 149 Å². The molecule has 0 amide bonds. The minimum absolute atomic E-state index is 0.0794. The highest BCUT2D eigenvalue weighted by Crippen LogP contribution is 2.34. The Kier molecular flexibility index (Phi) is 9.27. The molecule has 3 heteroatoms. The van der Waals surface area contributed by atoms with Crippen LogP contribution < -0.4 is 0 Å².